The minimum absolute atomic E-state index is 0.0314. The van der Waals surface area contributed by atoms with Crippen LogP contribution < -0.4 is 0 Å². The highest BCUT2D eigenvalue weighted by atomic mass is 16.7. The number of aromatic nitrogens is 2. The molecule has 9 heteroatoms. The SMILES string of the molecule is CCCCCN(C(=O)n1cccc1C1CCCCCC1C(CC(=O)O)c1[nH]ccc1C(=O)C1OC(C)(C)OCC1(C)C)C(C)C. The fraction of sp³-hybridized carbons (Fsp3) is 0.694. The first-order valence-electron chi connectivity index (χ1n) is 17.0. The summed E-state index contributed by atoms with van der Waals surface area (Å²) in [5.41, 5.74) is 1.50. The Morgan fingerprint density at radius 1 is 1.09 bits per heavy atom. The zero-order valence-corrected chi connectivity index (χ0v) is 28.4. The third kappa shape index (κ3) is 8.09. The molecular formula is C36H55N3O6. The Kier molecular flexibility index (Phi) is 11.4. The van der Waals surface area contributed by atoms with Crippen LogP contribution in [-0.2, 0) is 14.3 Å². The highest BCUT2D eigenvalue weighted by Crippen LogP contribution is 2.47. The average Bonchev–Trinajstić information content (AvgIpc) is 3.60. The van der Waals surface area contributed by atoms with Gasteiger partial charge >= 0.3 is 12.0 Å². The maximum absolute atomic E-state index is 14.2. The first-order valence-corrected chi connectivity index (χ1v) is 17.0. The number of carbonyl (C=O) groups excluding carboxylic acids is 2. The van der Waals surface area contributed by atoms with Crippen molar-refractivity contribution >= 4 is 17.8 Å². The molecule has 4 atom stereocenters. The molecule has 2 aliphatic rings. The topological polar surface area (TPSA) is 114 Å². The molecule has 1 amide bonds. The van der Waals surface area contributed by atoms with E-state index in [-0.39, 0.29) is 36.1 Å². The van der Waals surface area contributed by atoms with E-state index in [4.69, 9.17) is 9.47 Å². The molecule has 45 heavy (non-hydrogen) atoms. The normalized spacial score (nSPS) is 23.8. The number of nitrogens with zero attached hydrogens (tertiary/aromatic N) is 2. The first kappa shape index (κ1) is 35.0. The number of hydrogen-bond acceptors (Lipinski definition) is 5. The van der Waals surface area contributed by atoms with Crippen LogP contribution in [0, 0.1) is 11.3 Å². The second kappa shape index (κ2) is 14.7. The summed E-state index contributed by atoms with van der Waals surface area (Å²) in [6.07, 6.45) is 10.5. The molecule has 2 N–H and O–H groups in total. The van der Waals surface area contributed by atoms with Gasteiger partial charge in [0.05, 0.1) is 13.0 Å². The van der Waals surface area contributed by atoms with Crippen LogP contribution >= 0.6 is 0 Å². The van der Waals surface area contributed by atoms with Crippen LogP contribution in [0.3, 0.4) is 0 Å². The molecular weight excluding hydrogens is 570 g/mol. The van der Waals surface area contributed by atoms with Gasteiger partial charge < -0.3 is 24.5 Å². The van der Waals surface area contributed by atoms with Crippen molar-refractivity contribution in [3.63, 3.8) is 0 Å². The fourth-order valence-electron chi connectivity index (χ4n) is 7.32. The molecule has 250 valence electrons. The number of H-pyrrole nitrogens is 1. The lowest BCUT2D eigenvalue weighted by Crippen LogP contribution is -2.53. The Labute approximate surface area is 269 Å². The van der Waals surface area contributed by atoms with E-state index in [2.05, 4.69) is 25.8 Å². The van der Waals surface area contributed by atoms with Gasteiger partial charge in [0, 0.05) is 59.2 Å². The van der Waals surface area contributed by atoms with E-state index in [1.54, 1.807) is 16.8 Å². The summed E-state index contributed by atoms with van der Waals surface area (Å²) in [4.78, 5) is 46.0. The van der Waals surface area contributed by atoms with Crippen LogP contribution in [0.15, 0.2) is 30.6 Å². The Morgan fingerprint density at radius 2 is 1.82 bits per heavy atom. The van der Waals surface area contributed by atoms with Gasteiger partial charge in [-0.05, 0) is 71.1 Å². The lowest BCUT2D eigenvalue weighted by Gasteiger charge is -2.45. The van der Waals surface area contributed by atoms with Crippen molar-refractivity contribution in [2.75, 3.05) is 13.2 Å². The van der Waals surface area contributed by atoms with E-state index >= 15 is 0 Å². The number of unbranched alkanes of at least 4 members (excludes halogenated alkanes) is 2. The van der Waals surface area contributed by atoms with Gasteiger partial charge in [-0.25, -0.2) is 4.79 Å². The summed E-state index contributed by atoms with van der Waals surface area (Å²) in [5.74, 6) is -2.54. The predicted molar refractivity (Wildman–Crippen MR) is 175 cm³/mol. The second-order valence-corrected chi connectivity index (χ2v) is 14.5. The average molecular weight is 626 g/mol. The summed E-state index contributed by atoms with van der Waals surface area (Å²) >= 11 is 0. The van der Waals surface area contributed by atoms with Crippen LogP contribution in [0.2, 0.25) is 0 Å². The van der Waals surface area contributed by atoms with E-state index in [1.165, 1.54) is 0 Å². The molecule has 2 fully saturated rings. The number of Topliss-reactive ketones (excluding diaryl/α,β-unsaturated/α-hetero) is 1. The number of nitrogens with one attached hydrogen (secondary N) is 1. The second-order valence-electron chi connectivity index (χ2n) is 14.5. The molecule has 0 spiro atoms. The van der Waals surface area contributed by atoms with Crippen molar-refractivity contribution in [3.05, 3.63) is 47.5 Å². The third-order valence-electron chi connectivity index (χ3n) is 9.78. The lowest BCUT2D eigenvalue weighted by molar-refractivity contribution is -0.298. The summed E-state index contributed by atoms with van der Waals surface area (Å²) < 4.78 is 13.9. The lowest BCUT2D eigenvalue weighted by atomic mass is 9.72. The minimum atomic E-state index is -0.909. The zero-order chi connectivity index (χ0) is 32.9. The maximum Gasteiger partial charge on any atom is 0.328 e. The van der Waals surface area contributed by atoms with Gasteiger partial charge in [0.15, 0.2) is 11.6 Å². The van der Waals surface area contributed by atoms with Gasteiger partial charge in [-0.1, -0.05) is 52.9 Å². The molecule has 3 heterocycles. The Hall–Kier alpha value is -2.91. The number of carbonyl (C=O) groups is 3. The largest absolute Gasteiger partial charge is 0.481 e. The molecule has 1 saturated carbocycles. The highest BCUT2D eigenvalue weighted by Gasteiger charge is 2.47. The van der Waals surface area contributed by atoms with Crippen LogP contribution in [0.1, 0.15) is 140 Å². The van der Waals surface area contributed by atoms with Gasteiger partial charge in [-0.15, -0.1) is 0 Å². The summed E-state index contributed by atoms with van der Waals surface area (Å²) in [6, 6.07) is 5.76. The minimum Gasteiger partial charge on any atom is -0.481 e. The number of carboxylic acid groups (broad SMARTS) is 1. The van der Waals surface area contributed by atoms with Gasteiger partial charge in [0.2, 0.25) is 0 Å². The Morgan fingerprint density at radius 3 is 2.51 bits per heavy atom. The molecule has 4 unspecified atom stereocenters. The van der Waals surface area contributed by atoms with Crippen molar-refractivity contribution in [3.8, 4) is 0 Å². The molecule has 1 aliphatic heterocycles. The van der Waals surface area contributed by atoms with Crippen molar-refractivity contribution in [2.24, 2.45) is 11.3 Å². The Balaban J connectivity index is 1.73. The van der Waals surface area contributed by atoms with E-state index in [0.717, 1.165) is 57.1 Å². The number of carboxylic acids is 1. The number of hydrogen-bond donors (Lipinski definition) is 2. The number of amides is 1. The first-order chi connectivity index (χ1) is 21.3. The standard InChI is InChI=1S/C36H55N3O6/c1-8-9-13-20-38(24(2)3)34(43)39-21-14-17-29(39)26-16-12-10-11-15-25(26)28(22-30(40)41)31-27(18-19-37-31)32(42)33-35(4,5)23-44-36(6,7)45-33/h14,17-19,21,24-26,28,33,37H,8-13,15-16,20,22-23H2,1-7H3,(H,40,41). The molecule has 0 radical (unpaired) electrons. The molecule has 2 aromatic heterocycles. The smallest absolute Gasteiger partial charge is 0.328 e. The van der Waals surface area contributed by atoms with Gasteiger partial charge in [0.1, 0.15) is 6.10 Å². The van der Waals surface area contributed by atoms with E-state index in [9.17, 15) is 19.5 Å². The summed E-state index contributed by atoms with van der Waals surface area (Å²) in [7, 11) is 0. The number of ketones is 1. The zero-order valence-electron chi connectivity index (χ0n) is 28.4. The molecule has 0 aromatic carbocycles. The molecule has 4 rings (SSSR count). The molecule has 1 aliphatic carbocycles. The number of aromatic amines is 1. The van der Waals surface area contributed by atoms with Crippen molar-refractivity contribution < 1.29 is 29.0 Å². The van der Waals surface area contributed by atoms with Crippen LogP contribution in [-0.4, -0.2) is 68.4 Å². The molecule has 9 nitrogen and oxygen atoms in total. The van der Waals surface area contributed by atoms with Crippen molar-refractivity contribution in [1.29, 1.82) is 0 Å². The number of rotatable bonds is 12. The monoisotopic (exact) mass is 625 g/mol. The molecule has 1 saturated heterocycles. The Bertz CT molecular complexity index is 1310. The van der Waals surface area contributed by atoms with Gasteiger partial charge in [-0.3, -0.25) is 14.2 Å². The van der Waals surface area contributed by atoms with E-state index in [1.807, 2.05) is 50.9 Å². The highest BCUT2D eigenvalue weighted by molar-refractivity contribution is 6.01. The van der Waals surface area contributed by atoms with Gasteiger partial charge in [-0.2, -0.15) is 0 Å². The van der Waals surface area contributed by atoms with Crippen LogP contribution in [0.5, 0.6) is 0 Å². The number of aliphatic carboxylic acids is 1. The van der Waals surface area contributed by atoms with Crippen molar-refractivity contribution in [2.45, 2.75) is 136 Å². The van der Waals surface area contributed by atoms with Crippen molar-refractivity contribution in [1.82, 2.24) is 14.5 Å². The van der Waals surface area contributed by atoms with Crippen LogP contribution in [0.4, 0.5) is 4.79 Å². The fourth-order valence-corrected chi connectivity index (χ4v) is 7.32. The third-order valence-corrected chi connectivity index (χ3v) is 9.78. The van der Waals surface area contributed by atoms with Gasteiger partial charge in [0.25, 0.3) is 0 Å². The molecule has 0 bridgehead atoms. The number of ether oxygens (including phenoxy) is 2. The maximum atomic E-state index is 14.2. The summed E-state index contributed by atoms with van der Waals surface area (Å²) in [6.45, 7) is 14.9. The summed E-state index contributed by atoms with van der Waals surface area (Å²) in [5, 5.41) is 10.2. The van der Waals surface area contributed by atoms with E-state index < -0.39 is 29.2 Å². The predicted octanol–water partition coefficient (Wildman–Crippen LogP) is 7.97. The van der Waals surface area contributed by atoms with Crippen LogP contribution in [0.25, 0.3) is 0 Å². The quantitative estimate of drug-likeness (QED) is 0.141. The van der Waals surface area contributed by atoms with E-state index in [0.29, 0.717) is 24.4 Å². The molecule has 2 aromatic rings.